The van der Waals surface area contributed by atoms with Gasteiger partial charge in [-0.1, -0.05) is 12.8 Å². The first-order chi connectivity index (χ1) is 7.93. The number of nitrogens with zero attached hydrogens (tertiary/aromatic N) is 1. The molecular formula is C14H26N2. The molecular weight excluding hydrogens is 196 g/mol. The number of hydrogen-bond acceptors (Lipinski definition) is 2. The minimum Gasteiger partial charge on any atom is -0.313 e. The van der Waals surface area contributed by atoms with Crippen LogP contribution in [0.15, 0.2) is 0 Å². The van der Waals surface area contributed by atoms with Crippen LogP contribution >= 0.6 is 0 Å². The minimum absolute atomic E-state index is 0.807. The summed E-state index contributed by atoms with van der Waals surface area (Å²) in [6, 6.07) is 1.76. The van der Waals surface area contributed by atoms with Gasteiger partial charge >= 0.3 is 0 Å². The fourth-order valence-corrected chi connectivity index (χ4v) is 4.15. The van der Waals surface area contributed by atoms with Gasteiger partial charge in [0.25, 0.3) is 0 Å². The Morgan fingerprint density at radius 3 is 2.56 bits per heavy atom. The zero-order valence-electron chi connectivity index (χ0n) is 10.5. The predicted molar refractivity (Wildman–Crippen MR) is 67.6 cm³/mol. The first-order valence-corrected chi connectivity index (χ1v) is 7.41. The molecule has 3 fully saturated rings. The maximum Gasteiger partial charge on any atom is 0.0195 e. The van der Waals surface area contributed by atoms with Crippen molar-refractivity contribution in [2.45, 2.75) is 63.5 Å². The Morgan fingerprint density at radius 1 is 0.938 bits per heavy atom. The number of rotatable bonds is 3. The van der Waals surface area contributed by atoms with Crippen molar-refractivity contribution in [3.05, 3.63) is 0 Å². The normalized spacial score (nSPS) is 37.5. The molecule has 1 N–H and O–H groups in total. The van der Waals surface area contributed by atoms with Gasteiger partial charge in [-0.15, -0.1) is 0 Å². The smallest absolute Gasteiger partial charge is 0.0195 e. The molecule has 2 heterocycles. The van der Waals surface area contributed by atoms with E-state index in [1.807, 2.05) is 0 Å². The molecule has 1 aliphatic carbocycles. The zero-order valence-corrected chi connectivity index (χ0v) is 10.5. The predicted octanol–water partition coefficient (Wildman–Crippen LogP) is 2.39. The van der Waals surface area contributed by atoms with E-state index in [1.165, 1.54) is 71.0 Å². The van der Waals surface area contributed by atoms with Crippen LogP contribution in [0.3, 0.4) is 0 Å². The van der Waals surface area contributed by atoms with Crippen molar-refractivity contribution in [2.75, 3.05) is 19.6 Å². The summed E-state index contributed by atoms with van der Waals surface area (Å²) in [6.07, 6.45) is 11.8. The molecule has 3 aliphatic rings. The van der Waals surface area contributed by atoms with Crippen molar-refractivity contribution < 1.29 is 0 Å². The lowest BCUT2D eigenvalue weighted by molar-refractivity contribution is 0.176. The molecule has 2 heteroatoms. The number of likely N-dealkylation sites (tertiary alicyclic amines) is 1. The van der Waals surface area contributed by atoms with Crippen LogP contribution in [0, 0.1) is 5.92 Å². The Hall–Kier alpha value is -0.0800. The van der Waals surface area contributed by atoms with Crippen molar-refractivity contribution in [3.63, 3.8) is 0 Å². The van der Waals surface area contributed by atoms with Crippen molar-refractivity contribution >= 4 is 0 Å². The van der Waals surface area contributed by atoms with E-state index in [4.69, 9.17) is 0 Å². The molecule has 1 saturated carbocycles. The van der Waals surface area contributed by atoms with E-state index in [2.05, 4.69) is 10.2 Å². The third-order valence-corrected chi connectivity index (χ3v) is 4.98. The molecule has 3 rings (SSSR count). The van der Waals surface area contributed by atoms with Crippen LogP contribution in [0.1, 0.15) is 51.4 Å². The van der Waals surface area contributed by atoms with Gasteiger partial charge < -0.3 is 5.32 Å². The summed E-state index contributed by atoms with van der Waals surface area (Å²) < 4.78 is 0. The van der Waals surface area contributed by atoms with Crippen molar-refractivity contribution in [1.82, 2.24) is 10.2 Å². The molecule has 0 aromatic heterocycles. The zero-order chi connectivity index (χ0) is 10.8. The van der Waals surface area contributed by atoms with Gasteiger partial charge in [-0.2, -0.15) is 0 Å². The highest BCUT2D eigenvalue weighted by molar-refractivity contribution is 4.90. The van der Waals surface area contributed by atoms with Crippen molar-refractivity contribution in [1.29, 1.82) is 0 Å². The highest BCUT2D eigenvalue weighted by Gasteiger charge is 2.34. The van der Waals surface area contributed by atoms with Crippen LogP contribution in [0.25, 0.3) is 0 Å². The number of hydrogen-bond donors (Lipinski definition) is 1. The molecule has 2 nitrogen and oxygen atoms in total. The van der Waals surface area contributed by atoms with Crippen LogP contribution in [-0.4, -0.2) is 36.6 Å². The molecule has 0 aromatic carbocycles. The highest BCUT2D eigenvalue weighted by atomic mass is 15.2. The average Bonchev–Trinajstić information content (AvgIpc) is 2.98. The molecule has 2 atom stereocenters. The molecule has 0 spiro atoms. The first-order valence-electron chi connectivity index (χ1n) is 7.41. The monoisotopic (exact) mass is 222 g/mol. The first kappa shape index (κ1) is 11.0. The largest absolute Gasteiger partial charge is 0.313 e. The summed E-state index contributed by atoms with van der Waals surface area (Å²) in [5, 5.41) is 3.65. The van der Waals surface area contributed by atoms with E-state index in [0.717, 1.165) is 18.0 Å². The molecule has 0 radical (unpaired) electrons. The van der Waals surface area contributed by atoms with E-state index in [0.29, 0.717) is 0 Å². The molecule has 16 heavy (non-hydrogen) atoms. The van der Waals surface area contributed by atoms with Gasteiger partial charge in [0.2, 0.25) is 0 Å². The van der Waals surface area contributed by atoms with Crippen LogP contribution < -0.4 is 5.32 Å². The van der Waals surface area contributed by atoms with Gasteiger partial charge in [0, 0.05) is 18.6 Å². The Kier molecular flexibility index (Phi) is 3.49. The van der Waals surface area contributed by atoms with Crippen LogP contribution in [0.5, 0.6) is 0 Å². The lowest BCUT2D eigenvalue weighted by Crippen LogP contribution is -2.42. The summed E-state index contributed by atoms with van der Waals surface area (Å²) >= 11 is 0. The third-order valence-electron chi connectivity index (χ3n) is 4.98. The minimum atomic E-state index is 0.807. The summed E-state index contributed by atoms with van der Waals surface area (Å²) in [4.78, 5) is 2.82. The van der Waals surface area contributed by atoms with E-state index < -0.39 is 0 Å². The molecule has 0 aromatic rings. The second-order valence-electron chi connectivity index (χ2n) is 6.04. The van der Waals surface area contributed by atoms with E-state index in [1.54, 1.807) is 0 Å². The fourth-order valence-electron chi connectivity index (χ4n) is 4.15. The van der Waals surface area contributed by atoms with E-state index in [-0.39, 0.29) is 0 Å². The number of nitrogens with one attached hydrogen (secondary N) is 1. The fraction of sp³-hybridized carbons (Fsp3) is 1.00. The van der Waals surface area contributed by atoms with Gasteiger partial charge in [0.05, 0.1) is 0 Å². The second kappa shape index (κ2) is 5.05. The maximum atomic E-state index is 3.65. The third kappa shape index (κ3) is 2.28. The quantitative estimate of drug-likeness (QED) is 0.789. The summed E-state index contributed by atoms with van der Waals surface area (Å²) in [5.41, 5.74) is 0. The van der Waals surface area contributed by atoms with Crippen LogP contribution in [0.2, 0.25) is 0 Å². The van der Waals surface area contributed by atoms with Gasteiger partial charge in [-0.25, -0.2) is 0 Å². The lowest BCUT2D eigenvalue weighted by Gasteiger charge is -2.31. The van der Waals surface area contributed by atoms with Gasteiger partial charge in [0.15, 0.2) is 0 Å². The molecule has 0 bridgehead atoms. The average molecular weight is 222 g/mol. The molecule has 0 amide bonds. The van der Waals surface area contributed by atoms with E-state index >= 15 is 0 Å². The SMILES string of the molecule is C1CCC(C2CCCN2C[C@H]2CCCN2)C1. The standard InChI is InChI=1S/C14H26N2/c1-2-6-12(5-1)14-8-4-10-16(14)11-13-7-3-9-15-13/h12-15H,1-11H2/t13-,14?/m1/s1. The Morgan fingerprint density at radius 2 is 1.81 bits per heavy atom. The second-order valence-corrected chi connectivity index (χ2v) is 6.04. The highest BCUT2D eigenvalue weighted by Crippen LogP contribution is 2.35. The van der Waals surface area contributed by atoms with Crippen LogP contribution in [-0.2, 0) is 0 Å². The van der Waals surface area contributed by atoms with Crippen molar-refractivity contribution in [2.24, 2.45) is 5.92 Å². The Balaban J connectivity index is 1.55. The lowest BCUT2D eigenvalue weighted by atomic mass is 9.96. The van der Waals surface area contributed by atoms with E-state index in [9.17, 15) is 0 Å². The molecule has 1 unspecified atom stereocenters. The van der Waals surface area contributed by atoms with Gasteiger partial charge in [0.1, 0.15) is 0 Å². The van der Waals surface area contributed by atoms with Crippen LogP contribution in [0.4, 0.5) is 0 Å². The van der Waals surface area contributed by atoms with Gasteiger partial charge in [-0.05, 0) is 57.5 Å². The topological polar surface area (TPSA) is 15.3 Å². The summed E-state index contributed by atoms with van der Waals surface area (Å²) in [6.45, 7) is 3.97. The molecule has 2 saturated heterocycles. The summed E-state index contributed by atoms with van der Waals surface area (Å²) in [5.74, 6) is 1.05. The molecule has 2 aliphatic heterocycles. The van der Waals surface area contributed by atoms with Crippen molar-refractivity contribution in [3.8, 4) is 0 Å². The van der Waals surface area contributed by atoms with Gasteiger partial charge in [-0.3, -0.25) is 4.90 Å². The Bertz CT molecular complexity index is 217. The maximum absolute atomic E-state index is 3.65. The Labute approximate surface area is 99.8 Å². The molecule has 92 valence electrons. The summed E-state index contributed by atoms with van der Waals surface area (Å²) in [7, 11) is 0.